The maximum absolute atomic E-state index is 12.4. The third kappa shape index (κ3) is 6.41. The van der Waals surface area contributed by atoms with Crippen LogP contribution in [-0.2, 0) is 17.4 Å². The summed E-state index contributed by atoms with van der Waals surface area (Å²) in [5.74, 6) is -0.163. The summed E-state index contributed by atoms with van der Waals surface area (Å²) >= 11 is 3.33. The van der Waals surface area contributed by atoms with Crippen molar-refractivity contribution in [3.8, 4) is 0 Å². The summed E-state index contributed by atoms with van der Waals surface area (Å²) in [7, 11) is 0. The molecule has 0 aliphatic heterocycles. The Kier molecular flexibility index (Phi) is 7.05. The number of alkyl halides is 4. The van der Waals surface area contributed by atoms with Crippen LogP contribution in [0.15, 0.2) is 24.3 Å². The van der Waals surface area contributed by atoms with E-state index >= 15 is 0 Å². The van der Waals surface area contributed by atoms with Gasteiger partial charge in [0.05, 0.1) is 12.0 Å². The second-order valence-electron chi connectivity index (χ2n) is 4.47. The van der Waals surface area contributed by atoms with E-state index in [-0.39, 0.29) is 12.3 Å². The van der Waals surface area contributed by atoms with Crippen LogP contribution in [0.3, 0.4) is 0 Å². The molecule has 0 bridgehead atoms. The van der Waals surface area contributed by atoms with Crippen LogP contribution >= 0.6 is 15.9 Å². The van der Waals surface area contributed by atoms with Crippen molar-refractivity contribution in [2.45, 2.75) is 31.9 Å². The summed E-state index contributed by atoms with van der Waals surface area (Å²) < 4.78 is 37.1. The first-order valence-electron chi connectivity index (χ1n) is 6.42. The van der Waals surface area contributed by atoms with Crippen molar-refractivity contribution < 1.29 is 18.0 Å². The Morgan fingerprint density at radius 2 is 1.75 bits per heavy atom. The summed E-state index contributed by atoms with van der Waals surface area (Å²) in [6.07, 6.45) is -1.22. The number of carbonyl (C=O) groups is 1. The molecule has 2 nitrogen and oxygen atoms in total. The standard InChI is InChI=1S/C14H17BrF3NO/c15-8-2-1-3-9-19-13(20)10-11-4-6-12(7-5-11)14(16,17)18/h4-7H,1-3,8-10H2,(H,19,20). The number of benzene rings is 1. The van der Waals surface area contributed by atoms with Gasteiger partial charge in [0.15, 0.2) is 0 Å². The highest BCUT2D eigenvalue weighted by Crippen LogP contribution is 2.29. The maximum atomic E-state index is 12.4. The summed E-state index contributed by atoms with van der Waals surface area (Å²) in [4.78, 5) is 11.6. The molecule has 1 aromatic carbocycles. The van der Waals surface area contributed by atoms with Gasteiger partial charge in [-0.15, -0.1) is 0 Å². The fourth-order valence-electron chi connectivity index (χ4n) is 1.68. The molecule has 0 unspecified atom stereocenters. The van der Waals surface area contributed by atoms with Gasteiger partial charge in [-0.05, 0) is 30.5 Å². The van der Waals surface area contributed by atoms with E-state index < -0.39 is 11.7 Å². The van der Waals surface area contributed by atoms with Gasteiger partial charge in [0.1, 0.15) is 0 Å². The summed E-state index contributed by atoms with van der Waals surface area (Å²) in [6, 6.07) is 4.68. The molecule has 0 aliphatic rings. The van der Waals surface area contributed by atoms with E-state index in [0.29, 0.717) is 12.1 Å². The first-order valence-corrected chi connectivity index (χ1v) is 7.54. The zero-order valence-electron chi connectivity index (χ0n) is 11.0. The van der Waals surface area contributed by atoms with E-state index in [2.05, 4.69) is 21.2 Å². The molecule has 0 spiro atoms. The third-order valence-corrected chi connectivity index (χ3v) is 3.34. The number of unbranched alkanes of at least 4 members (excludes halogenated alkanes) is 2. The van der Waals surface area contributed by atoms with Crippen LogP contribution in [0, 0.1) is 0 Å². The van der Waals surface area contributed by atoms with Gasteiger partial charge < -0.3 is 5.32 Å². The van der Waals surface area contributed by atoms with Crippen molar-refractivity contribution in [3.05, 3.63) is 35.4 Å². The predicted octanol–water partition coefficient (Wildman–Crippen LogP) is 3.93. The quantitative estimate of drug-likeness (QED) is 0.585. The monoisotopic (exact) mass is 351 g/mol. The molecule has 0 fully saturated rings. The normalized spacial score (nSPS) is 11.4. The number of carbonyl (C=O) groups excluding carboxylic acids is 1. The topological polar surface area (TPSA) is 29.1 Å². The average Bonchev–Trinajstić information content (AvgIpc) is 2.38. The lowest BCUT2D eigenvalue weighted by Crippen LogP contribution is -2.26. The molecule has 0 heterocycles. The predicted molar refractivity (Wildman–Crippen MR) is 75.8 cm³/mol. The van der Waals surface area contributed by atoms with E-state index in [1.165, 1.54) is 12.1 Å². The minimum absolute atomic E-state index is 0.108. The number of halogens is 4. The SMILES string of the molecule is O=C(Cc1ccc(C(F)(F)F)cc1)NCCCCCBr. The number of rotatable bonds is 7. The molecule has 0 saturated carbocycles. The Balaban J connectivity index is 2.35. The third-order valence-electron chi connectivity index (χ3n) is 2.78. The van der Waals surface area contributed by atoms with Crippen molar-refractivity contribution >= 4 is 21.8 Å². The minimum Gasteiger partial charge on any atom is -0.356 e. The van der Waals surface area contributed by atoms with E-state index in [4.69, 9.17) is 0 Å². The second kappa shape index (κ2) is 8.29. The van der Waals surface area contributed by atoms with Crippen LogP contribution in [0.1, 0.15) is 30.4 Å². The van der Waals surface area contributed by atoms with Gasteiger partial charge in [-0.3, -0.25) is 4.79 Å². The van der Waals surface area contributed by atoms with Crippen molar-refractivity contribution in [2.24, 2.45) is 0 Å². The van der Waals surface area contributed by atoms with E-state index in [1.54, 1.807) is 0 Å². The largest absolute Gasteiger partial charge is 0.416 e. The molecule has 1 aromatic rings. The van der Waals surface area contributed by atoms with Gasteiger partial charge in [-0.25, -0.2) is 0 Å². The number of nitrogens with one attached hydrogen (secondary N) is 1. The fourth-order valence-corrected chi connectivity index (χ4v) is 2.08. The first kappa shape index (κ1) is 17.0. The van der Waals surface area contributed by atoms with E-state index in [0.717, 1.165) is 36.7 Å². The van der Waals surface area contributed by atoms with Crippen LogP contribution < -0.4 is 5.32 Å². The lowest BCUT2D eigenvalue weighted by atomic mass is 10.1. The Bertz CT molecular complexity index is 417. The van der Waals surface area contributed by atoms with Gasteiger partial charge in [-0.1, -0.05) is 34.5 Å². The summed E-state index contributed by atoms with van der Waals surface area (Å²) in [5, 5.41) is 3.71. The Hall–Kier alpha value is -1.04. The Morgan fingerprint density at radius 1 is 1.10 bits per heavy atom. The van der Waals surface area contributed by atoms with Crippen LogP contribution in [0.25, 0.3) is 0 Å². The van der Waals surface area contributed by atoms with Crippen molar-refractivity contribution in [1.29, 1.82) is 0 Å². The van der Waals surface area contributed by atoms with E-state index in [9.17, 15) is 18.0 Å². The van der Waals surface area contributed by atoms with Crippen molar-refractivity contribution in [3.63, 3.8) is 0 Å². The number of hydrogen-bond acceptors (Lipinski definition) is 1. The van der Waals surface area contributed by atoms with Gasteiger partial charge in [0, 0.05) is 11.9 Å². The molecule has 1 rings (SSSR count). The van der Waals surface area contributed by atoms with Crippen LogP contribution in [0.5, 0.6) is 0 Å². The van der Waals surface area contributed by atoms with Crippen molar-refractivity contribution in [2.75, 3.05) is 11.9 Å². The second-order valence-corrected chi connectivity index (χ2v) is 5.26. The zero-order chi connectivity index (χ0) is 15.0. The number of amides is 1. The molecule has 112 valence electrons. The van der Waals surface area contributed by atoms with Gasteiger partial charge in [0.25, 0.3) is 0 Å². The first-order chi connectivity index (χ1) is 9.43. The van der Waals surface area contributed by atoms with Crippen LogP contribution in [0.4, 0.5) is 13.2 Å². The average molecular weight is 352 g/mol. The van der Waals surface area contributed by atoms with Crippen LogP contribution in [0.2, 0.25) is 0 Å². The molecule has 1 amide bonds. The van der Waals surface area contributed by atoms with Gasteiger partial charge >= 0.3 is 6.18 Å². The highest BCUT2D eigenvalue weighted by atomic mass is 79.9. The molecule has 0 saturated heterocycles. The molecule has 0 aromatic heterocycles. The minimum atomic E-state index is -4.34. The lowest BCUT2D eigenvalue weighted by molar-refractivity contribution is -0.137. The van der Waals surface area contributed by atoms with Crippen molar-refractivity contribution in [1.82, 2.24) is 5.32 Å². The highest BCUT2D eigenvalue weighted by Gasteiger charge is 2.29. The maximum Gasteiger partial charge on any atom is 0.416 e. The Morgan fingerprint density at radius 3 is 2.30 bits per heavy atom. The van der Waals surface area contributed by atoms with Gasteiger partial charge in [-0.2, -0.15) is 13.2 Å². The summed E-state index contributed by atoms with van der Waals surface area (Å²) in [5.41, 5.74) is -0.118. The molecule has 0 aliphatic carbocycles. The smallest absolute Gasteiger partial charge is 0.356 e. The highest BCUT2D eigenvalue weighted by molar-refractivity contribution is 9.09. The molecular formula is C14H17BrF3NO. The zero-order valence-corrected chi connectivity index (χ0v) is 12.6. The van der Waals surface area contributed by atoms with E-state index in [1.807, 2.05) is 0 Å². The number of hydrogen-bond donors (Lipinski definition) is 1. The molecule has 0 atom stereocenters. The molecule has 6 heteroatoms. The molecule has 20 heavy (non-hydrogen) atoms. The molecule has 1 N–H and O–H groups in total. The van der Waals surface area contributed by atoms with Gasteiger partial charge in [0.2, 0.25) is 5.91 Å². The Labute approximate surface area is 124 Å². The fraction of sp³-hybridized carbons (Fsp3) is 0.500. The molecular weight excluding hydrogens is 335 g/mol. The summed E-state index contributed by atoms with van der Waals surface area (Å²) in [6.45, 7) is 0.604. The molecule has 0 radical (unpaired) electrons. The lowest BCUT2D eigenvalue weighted by Gasteiger charge is -2.08. The van der Waals surface area contributed by atoms with Crippen LogP contribution in [-0.4, -0.2) is 17.8 Å².